The van der Waals surface area contributed by atoms with E-state index in [0.717, 1.165) is 11.3 Å². The third kappa shape index (κ3) is 2.73. The highest BCUT2D eigenvalue weighted by Crippen LogP contribution is 2.27. The van der Waals surface area contributed by atoms with E-state index in [2.05, 4.69) is 21.2 Å². The third-order valence-electron chi connectivity index (χ3n) is 2.64. The molecule has 0 saturated carbocycles. The zero-order valence-corrected chi connectivity index (χ0v) is 11.4. The lowest BCUT2D eigenvalue weighted by atomic mass is 10.2. The molecule has 2 rings (SSSR count). The van der Waals surface area contributed by atoms with E-state index in [0.29, 0.717) is 11.0 Å². The molecule has 4 nitrogen and oxygen atoms in total. The van der Waals surface area contributed by atoms with Crippen LogP contribution >= 0.6 is 15.9 Å². The van der Waals surface area contributed by atoms with Crippen molar-refractivity contribution in [3.8, 4) is 5.75 Å². The highest BCUT2D eigenvalue weighted by Gasteiger charge is 2.04. The van der Waals surface area contributed by atoms with Crippen molar-refractivity contribution >= 4 is 21.6 Å². The van der Waals surface area contributed by atoms with Gasteiger partial charge in [-0.15, -0.1) is 0 Å². The second kappa shape index (κ2) is 5.27. The highest BCUT2D eigenvalue weighted by molar-refractivity contribution is 9.10. The second-order valence-electron chi connectivity index (χ2n) is 3.97. The molecular formula is C13H13BrN2O2. The summed E-state index contributed by atoms with van der Waals surface area (Å²) >= 11 is 3.27. The molecule has 1 aromatic heterocycles. The minimum atomic E-state index is -0.0501. The molecule has 2 N–H and O–H groups in total. The molecule has 2 aromatic rings. The predicted octanol–water partition coefficient (Wildman–Crippen LogP) is 2.47. The average molecular weight is 309 g/mol. The maximum atomic E-state index is 11.2. The van der Waals surface area contributed by atoms with Gasteiger partial charge in [0, 0.05) is 31.4 Å². The maximum absolute atomic E-state index is 11.2. The number of pyridine rings is 1. The minimum Gasteiger partial charge on any atom is -0.506 e. The summed E-state index contributed by atoms with van der Waals surface area (Å²) in [5, 5.41) is 13.0. The monoisotopic (exact) mass is 308 g/mol. The topological polar surface area (TPSA) is 54.3 Å². The molecular weight excluding hydrogens is 296 g/mol. The molecule has 18 heavy (non-hydrogen) atoms. The minimum absolute atomic E-state index is 0.0501. The Bertz CT molecular complexity index is 623. The number of hydrogen-bond acceptors (Lipinski definition) is 3. The first kappa shape index (κ1) is 12.7. The van der Waals surface area contributed by atoms with Crippen molar-refractivity contribution in [2.24, 2.45) is 7.05 Å². The number of anilines is 1. The maximum Gasteiger partial charge on any atom is 0.250 e. The van der Waals surface area contributed by atoms with E-state index in [-0.39, 0.29) is 11.3 Å². The molecule has 0 fully saturated rings. The molecule has 0 atom stereocenters. The third-order valence-corrected chi connectivity index (χ3v) is 3.28. The summed E-state index contributed by atoms with van der Waals surface area (Å²) in [7, 11) is 1.70. The van der Waals surface area contributed by atoms with Gasteiger partial charge in [0.15, 0.2) is 0 Å². The Balaban J connectivity index is 2.14. The van der Waals surface area contributed by atoms with Gasteiger partial charge < -0.3 is 15.0 Å². The van der Waals surface area contributed by atoms with Gasteiger partial charge in [-0.05, 0) is 28.1 Å². The number of phenolic OH excluding ortho intramolecular Hbond substituents is 1. The van der Waals surface area contributed by atoms with Crippen LogP contribution in [-0.2, 0) is 13.6 Å². The van der Waals surface area contributed by atoms with E-state index in [1.54, 1.807) is 25.4 Å². The molecule has 5 heteroatoms. The van der Waals surface area contributed by atoms with E-state index in [1.807, 2.05) is 12.1 Å². The van der Waals surface area contributed by atoms with Gasteiger partial charge in [-0.3, -0.25) is 4.79 Å². The van der Waals surface area contributed by atoms with Crippen LogP contribution in [0.2, 0.25) is 0 Å². The molecule has 0 aliphatic rings. The van der Waals surface area contributed by atoms with Gasteiger partial charge in [-0.1, -0.05) is 12.1 Å². The quantitative estimate of drug-likeness (QED) is 0.916. The van der Waals surface area contributed by atoms with Crippen molar-refractivity contribution in [1.29, 1.82) is 0 Å². The SMILES string of the molecule is Cn1cc(NCc2cccc(Br)c2O)ccc1=O. The van der Waals surface area contributed by atoms with Gasteiger partial charge >= 0.3 is 0 Å². The predicted molar refractivity (Wildman–Crippen MR) is 74.8 cm³/mol. The molecule has 0 aliphatic heterocycles. The summed E-state index contributed by atoms with van der Waals surface area (Å²) in [6, 6.07) is 8.71. The lowest BCUT2D eigenvalue weighted by Gasteiger charge is -2.09. The summed E-state index contributed by atoms with van der Waals surface area (Å²) < 4.78 is 2.17. The van der Waals surface area contributed by atoms with Crippen LogP contribution in [0.5, 0.6) is 5.75 Å². The van der Waals surface area contributed by atoms with E-state index in [9.17, 15) is 9.90 Å². The van der Waals surface area contributed by atoms with Gasteiger partial charge in [0.2, 0.25) is 5.56 Å². The molecule has 0 saturated heterocycles. The first-order chi connectivity index (χ1) is 8.58. The second-order valence-corrected chi connectivity index (χ2v) is 4.82. The van der Waals surface area contributed by atoms with Crippen molar-refractivity contribution in [2.75, 3.05) is 5.32 Å². The Kier molecular flexibility index (Phi) is 3.72. The fraction of sp³-hybridized carbons (Fsp3) is 0.154. The fourth-order valence-corrected chi connectivity index (χ4v) is 2.01. The largest absolute Gasteiger partial charge is 0.506 e. The summed E-state index contributed by atoms with van der Waals surface area (Å²) in [6.07, 6.45) is 1.72. The first-order valence-electron chi connectivity index (χ1n) is 5.45. The Morgan fingerprint density at radius 2 is 2.11 bits per heavy atom. The molecule has 0 spiro atoms. The molecule has 0 unspecified atom stereocenters. The Hall–Kier alpha value is -1.75. The van der Waals surface area contributed by atoms with E-state index >= 15 is 0 Å². The molecule has 0 aliphatic carbocycles. The normalized spacial score (nSPS) is 10.3. The van der Waals surface area contributed by atoms with Crippen molar-refractivity contribution < 1.29 is 5.11 Å². The van der Waals surface area contributed by atoms with Gasteiger partial charge in [-0.2, -0.15) is 0 Å². The van der Waals surface area contributed by atoms with Crippen LogP contribution in [0.25, 0.3) is 0 Å². The molecule has 1 heterocycles. The number of aromatic hydroxyl groups is 1. The Morgan fingerprint density at radius 3 is 2.83 bits per heavy atom. The van der Waals surface area contributed by atoms with E-state index in [4.69, 9.17) is 0 Å². The smallest absolute Gasteiger partial charge is 0.250 e. The number of benzene rings is 1. The van der Waals surface area contributed by atoms with Gasteiger partial charge in [0.1, 0.15) is 5.75 Å². The van der Waals surface area contributed by atoms with Crippen molar-refractivity contribution in [2.45, 2.75) is 6.54 Å². The Labute approximate surface area is 113 Å². The number of nitrogens with one attached hydrogen (secondary N) is 1. The van der Waals surface area contributed by atoms with Crippen LogP contribution in [0.3, 0.4) is 0 Å². The van der Waals surface area contributed by atoms with E-state index in [1.165, 1.54) is 10.6 Å². The lowest BCUT2D eigenvalue weighted by Crippen LogP contribution is -2.15. The number of rotatable bonds is 3. The summed E-state index contributed by atoms with van der Waals surface area (Å²) in [5.74, 6) is 0.231. The highest BCUT2D eigenvalue weighted by atomic mass is 79.9. The zero-order chi connectivity index (χ0) is 13.1. The number of phenols is 1. The summed E-state index contributed by atoms with van der Waals surface area (Å²) in [4.78, 5) is 11.2. The average Bonchev–Trinajstić information content (AvgIpc) is 2.35. The molecule has 0 radical (unpaired) electrons. The van der Waals surface area contributed by atoms with Crippen LogP contribution in [0.4, 0.5) is 5.69 Å². The summed E-state index contributed by atoms with van der Waals surface area (Å²) in [6.45, 7) is 0.490. The number of para-hydroxylation sites is 1. The van der Waals surface area contributed by atoms with Crippen LogP contribution in [-0.4, -0.2) is 9.67 Å². The standard InChI is InChI=1S/C13H13BrN2O2/c1-16-8-10(5-6-12(16)17)15-7-9-3-2-4-11(14)13(9)18/h2-6,8,15,18H,7H2,1H3. The van der Waals surface area contributed by atoms with Gasteiger partial charge in [0.25, 0.3) is 0 Å². The van der Waals surface area contributed by atoms with Crippen LogP contribution < -0.4 is 10.9 Å². The number of aromatic nitrogens is 1. The summed E-state index contributed by atoms with van der Waals surface area (Å²) in [5.41, 5.74) is 1.57. The number of hydrogen-bond donors (Lipinski definition) is 2. The van der Waals surface area contributed by atoms with Crippen LogP contribution in [0, 0.1) is 0 Å². The van der Waals surface area contributed by atoms with Gasteiger partial charge in [-0.25, -0.2) is 0 Å². The van der Waals surface area contributed by atoms with Gasteiger partial charge in [0.05, 0.1) is 10.2 Å². The lowest BCUT2D eigenvalue weighted by molar-refractivity contribution is 0.465. The number of nitrogens with zero attached hydrogens (tertiary/aromatic N) is 1. The molecule has 0 bridgehead atoms. The zero-order valence-electron chi connectivity index (χ0n) is 9.85. The molecule has 94 valence electrons. The van der Waals surface area contributed by atoms with Crippen molar-refractivity contribution in [3.05, 3.63) is 56.9 Å². The number of halogens is 1. The van der Waals surface area contributed by atoms with Crippen LogP contribution in [0.1, 0.15) is 5.56 Å². The Morgan fingerprint density at radius 1 is 1.33 bits per heavy atom. The fourth-order valence-electron chi connectivity index (χ4n) is 1.60. The first-order valence-corrected chi connectivity index (χ1v) is 6.24. The van der Waals surface area contributed by atoms with Crippen molar-refractivity contribution in [1.82, 2.24) is 4.57 Å². The molecule has 0 amide bonds. The van der Waals surface area contributed by atoms with Crippen molar-refractivity contribution in [3.63, 3.8) is 0 Å². The van der Waals surface area contributed by atoms with E-state index < -0.39 is 0 Å². The number of aryl methyl sites for hydroxylation is 1. The van der Waals surface area contributed by atoms with Crippen LogP contribution in [0.15, 0.2) is 45.8 Å². The molecule has 1 aromatic carbocycles.